The van der Waals surface area contributed by atoms with Crippen LogP contribution >= 0.6 is 15.9 Å². The molecule has 0 bridgehead atoms. The Morgan fingerprint density at radius 3 is 2.43 bits per heavy atom. The summed E-state index contributed by atoms with van der Waals surface area (Å²) in [6.07, 6.45) is 2.34. The predicted octanol–water partition coefficient (Wildman–Crippen LogP) is 2.81. The summed E-state index contributed by atoms with van der Waals surface area (Å²) in [6.45, 7) is 9.34. The highest BCUT2D eigenvalue weighted by Gasteiger charge is 1.98. The van der Waals surface area contributed by atoms with Gasteiger partial charge in [0.1, 0.15) is 0 Å². The summed E-state index contributed by atoms with van der Waals surface area (Å²) in [5, 5.41) is 4.48. The molecule has 2 nitrogen and oxygen atoms in total. The molecule has 3 heteroatoms. The average Bonchev–Trinajstić information content (AvgIpc) is 2.11. The van der Waals surface area contributed by atoms with Crippen LogP contribution in [0.15, 0.2) is 0 Å². The first-order valence-corrected chi connectivity index (χ1v) is 6.66. The van der Waals surface area contributed by atoms with Crippen LogP contribution in [-0.4, -0.2) is 31.1 Å². The van der Waals surface area contributed by atoms with Crippen LogP contribution in [0.4, 0.5) is 0 Å². The van der Waals surface area contributed by atoms with Gasteiger partial charge in [-0.15, -0.1) is 0 Å². The van der Waals surface area contributed by atoms with Crippen molar-refractivity contribution in [3.05, 3.63) is 0 Å². The maximum atomic E-state index is 5.50. The van der Waals surface area contributed by atoms with Gasteiger partial charge in [0, 0.05) is 24.5 Å². The molecule has 1 N–H and O–H groups in total. The van der Waals surface area contributed by atoms with Crippen LogP contribution in [0.2, 0.25) is 0 Å². The van der Waals surface area contributed by atoms with Crippen molar-refractivity contribution in [3.63, 3.8) is 0 Å². The van der Waals surface area contributed by atoms with E-state index in [1.165, 1.54) is 6.42 Å². The van der Waals surface area contributed by atoms with Crippen LogP contribution in [0, 0.1) is 5.92 Å². The van der Waals surface area contributed by atoms with E-state index < -0.39 is 0 Å². The number of nitrogens with one attached hydrogen (secondary N) is 1. The highest BCUT2D eigenvalue weighted by Crippen LogP contribution is 1.98. The lowest BCUT2D eigenvalue weighted by Crippen LogP contribution is -2.29. The molecule has 1 atom stereocenters. The van der Waals surface area contributed by atoms with Gasteiger partial charge in [0.2, 0.25) is 0 Å². The van der Waals surface area contributed by atoms with Gasteiger partial charge in [-0.25, -0.2) is 0 Å². The van der Waals surface area contributed by atoms with Crippen LogP contribution < -0.4 is 5.32 Å². The summed E-state index contributed by atoms with van der Waals surface area (Å²) < 4.78 is 5.50. The van der Waals surface area contributed by atoms with E-state index in [4.69, 9.17) is 4.74 Å². The lowest BCUT2D eigenvalue weighted by molar-refractivity contribution is 0.123. The SMILES string of the molecule is CC(C)CCOCCNC(C)CCBr. The molecule has 0 aliphatic carbocycles. The largest absolute Gasteiger partial charge is 0.380 e. The second-order valence-electron chi connectivity index (χ2n) is 4.13. The van der Waals surface area contributed by atoms with E-state index in [-0.39, 0.29) is 0 Å². The van der Waals surface area contributed by atoms with Crippen molar-refractivity contribution in [2.75, 3.05) is 25.1 Å². The summed E-state index contributed by atoms with van der Waals surface area (Å²) in [6, 6.07) is 0.586. The van der Waals surface area contributed by atoms with Crippen molar-refractivity contribution < 1.29 is 4.74 Å². The van der Waals surface area contributed by atoms with Crippen molar-refractivity contribution in [1.29, 1.82) is 0 Å². The molecule has 0 amide bonds. The van der Waals surface area contributed by atoms with Gasteiger partial charge >= 0.3 is 0 Å². The molecule has 0 aromatic heterocycles. The molecule has 0 rings (SSSR count). The molecule has 0 aliphatic rings. The fourth-order valence-electron chi connectivity index (χ4n) is 1.06. The van der Waals surface area contributed by atoms with E-state index in [1.807, 2.05) is 0 Å². The molecular formula is C11H24BrNO. The monoisotopic (exact) mass is 265 g/mol. The molecule has 0 aromatic rings. The number of alkyl halides is 1. The average molecular weight is 266 g/mol. The van der Waals surface area contributed by atoms with Gasteiger partial charge in [-0.2, -0.15) is 0 Å². The first-order chi connectivity index (χ1) is 6.66. The molecule has 86 valence electrons. The van der Waals surface area contributed by atoms with Gasteiger partial charge in [-0.05, 0) is 25.7 Å². The van der Waals surface area contributed by atoms with Crippen LogP contribution in [0.1, 0.15) is 33.6 Å². The van der Waals surface area contributed by atoms with E-state index >= 15 is 0 Å². The van der Waals surface area contributed by atoms with Crippen molar-refractivity contribution in [2.45, 2.75) is 39.7 Å². The van der Waals surface area contributed by atoms with E-state index in [0.717, 1.165) is 37.4 Å². The smallest absolute Gasteiger partial charge is 0.0591 e. The number of ether oxygens (including phenoxy) is 1. The quantitative estimate of drug-likeness (QED) is 0.512. The molecule has 0 saturated heterocycles. The number of halogens is 1. The molecule has 0 aliphatic heterocycles. The molecule has 0 radical (unpaired) electrons. The predicted molar refractivity (Wildman–Crippen MR) is 66.1 cm³/mol. The van der Waals surface area contributed by atoms with Crippen LogP contribution in [0.25, 0.3) is 0 Å². The Bertz CT molecular complexity index is 120. The Morgan fingerprint density at radius 1 is 1.14 bits per heavy atom. The Kier molecular flexibility index (Phi) is 10.2. The topological polar surface area (TPSA) is 21.3 Å². The first kappa shape index (κ1) is 14.4. The molecule has 0 heterocycles. The lowest BCUT2D eigenvalue weighted by atomic mass is 10.1. The van der Waals surface area contributed by atoms with E-state index in [9.17, 15) is 0 Å². The fourth-order valence-corrected chi connectivity index (χ4v) is 1.75. The van der Waals surface area contributed by atoms with Crippen molar-refractivity contribution >= 4 is 15.9 Å². The van der Waals surface area contributed by atoms with Crippen LogP contribution in [0.5, 0.6) is 0 Å². The van der Waals surface area contributed by atoms with Gasteiger partial charge in [0.15, 0.2) is 0 Å². The van der Waals surface area contributed by atoms with Gasteiger partial charge in [0.25, 0.3) is 0 Å². The van der Waals surface area contributed by atoms with Gasteiger partial charge in [-0.3, -0.25) is 0 Å². The minimum absolute atomic E-state index is 0.586. The zero-order chi connectivity index (χ0) is 10.8. The van der Waals surface area contributed by atoms with Crippen LogP contribution in [-0.2, 0) is 4.74 Å². The third kappa shape index (κ3) is 10.5. The highest BCUT2D eigenvalue weighted by molar-refractivity contribution is 9.09. The normalized spacial score (nSPS) is 13.5. The van der Waals surface area contributed by atoms with Crippen LogP contribution in [0.3, 0.4) is 0 Å². The van der Waals surface area contributed by atoms with Gasteiger partial charge in [-0.1, -0.05) is 29.8 Å². The third-order valence-electron chi connectivity index (χ3n) is 2.12. The molecular weight excluding hydrogens is 242 g/mol. The lowest BCUT2D eigenvalue weighted by Gasteiger charge is -2.12. The van der Waals surface area contributed by atoms with Crippen molar-refractivity contribution in [3.8, 4) is 0 Å². The first-order valence-electron chi connectivity index (χ1n) is 5.54. The Hall–Kier alpha value is 0.400. The summed E-state index contributed by atoms with van der Waals surface area (Å²) in [5.41, 5.74) is 0. The van der Waals surface area contributed by atoms with Gasteiger partial charge in [0.05, 0.1) is 6.61 Å². The number of hydrogen-bond acceptors (Lipinski definition) is 2. The van der Waals surface area contributed by atoms with Crippen molar-refractivity contribution in [1.82, 2.24) is 5.32 Å². The Morgan fingerprint density at radius 2 is 1.86 bits per heavy atom. The Balaban J connectivity index is 3.05. The zero-order valence-corrected chi connectivity index (χ0v) is 11.3. The molecule has 14 heavy (non-hydrogen) atoms. The number of rotatable bonds is 9. The second-order valence-corrected chi connectivity index (χ2v) is 4.92. The fraction of sp³-hybridized carbons (Fsp3) is 1.00. The standard InChI is InChI=1S/C11H24BrNO/c1-10(2)5-8-14-9-7-13-11(3)4-6-12/h10-11,13H,4-9H2,1-3H3. The van der Waals surface area contributed by atoms with Gasteiger partial charge < -0.3 is 10.1 Å². The van der Waals surface area contributed by atoms with E-state index in [2.05, 4.69) is 42.0 Å². The maximum Gasteiger partial charge on any atom is 0.0591 e. The summed E-state index contributed by atoms with van der Waals surface area (Å²) >= 11 is 3.43. The van der Waals surface area contributed by atoms with Crippen molar-refractivity contribution in [2.24, 2.45) is 5.92 Å². The third-order valence-corrected chi connectivity index (χ3v) is 2.58. The molecule has 0 saturated carbocycles. The van der Waals surface area contributed by atoms with E-state index in [1.54, 1.807) is 0 Å². The molecule has 0 spiro atoms. The Labute approximate surface area is 96.9 Å². The number of hydrogen-bond donors (Lipinski definition) is 1. The van der Waals surface area contributed by atoms with E-state index in [0.29, 0.717) is 6.04 Å². The summed E-state index contributed by atoms with van der Waals surface area (Å²) in [5.74, 6) is 0.746. The zero-order valence-electron chi connectivity index (χ0n) is 9.68. The minimum atomic E-state index is 0.586. The molecule has 1 unspecified atom stereocenters. The summed E-state index contributed by atoms with van der Waals surface area (Å²) in [4.78, 5) is 0. The molecule has 0 fully saturated rings. The second kappa shape index (κ2) is 9.94. The summed E-state index contributed by atoms with van der Waals surface area (Å²) in [7, 11) is 0. The highest BCUT2D eigenvalue weighted by atomic mass is 79.9. The molecule has 0 aromatic carbocycles. The maximum absolute atomic E-state index is 5.50. The minimum Gasteiger partial charge on any atom is -0.380 e.